The Hall–Kier alpha value is -0.480. The van der Waals surface area contributed by atoms with E-state index < -0.39 is 0 Å². The van der Waals surface area contributed by atoms with E-state index in [-0.39, 0.29) is 0 Å². The van der Waals surface area contributed by atoms with E-state index >= 15 is 0 Å². The van der Waals surface area contributed by atoms with Crippen LogP contribution in [0.1, 0.15) is 19.3 Å². The van der Waals surface area contributed by atoms with E-state index in [4.69, 9.17) is 6.42 Å². The van der Waals surface area contributed by atoms with Gasteiger partial charge in [-0.05, 0) is 12.8 Å². The summed E-state index contributed by atoms with van der Waals surface area (Å²) in [7, 11) is 3.23. The Morgan fingerprint density at radius 2 is 2.25 bits per heavy atom. The van der Waals surface area contributed by atoms with Crippen LogP contribution in [0.2, 0.25) is 0 Å². The Balaban J connectivity index is 2.65. The molecule has 0 aliphatic heterocycles. The third kappa shape index (κ3) is 5.52. The van der Waals surface area contributed by atoms with Crippen molar-refractivity contribution in [2.45, 2.75) is 19.3 Å². The van der Waals surface area contributed by atoms with Crippen molar-refractivity contribution in [3.63, 3.8) is 0 Å². The number of hydrogen-bond donors (Lipinski definition) is 0. The van der Waals surface area contributed by atoms with Gasteiger partial charge in [-0.15, -0.1) is 12.3 Å². The molecule has 1 nitrogen and oxygen atoms in total. The highest BCUT2D eigenvalue weighted by Gasteiger charge is 1.81. The van der Waals surface area contributed by atoms with Gasteiger partial charge in [0.25, 0.3) is 0 Å². The lowest BCUT2D eigenvalue weighted by Crippen LogP contribution is -1.84. The average molecular weight is 111 g/mol. The first-order valence-corrected chi connectivity index (χ1v) is 2.72. The predicted octanol–water partition coefficient (Wildman–Crippen LogP) is 1.60. The third-order valence-corrected chi connectivity index (χ3v) is 0.860. The molecular weight excluding hydrogens is 100 g/mol. The van der Waals surface area contributed by atoms with Crippen LogP contribution >= 0.6 is 0 Å². The summed E-state index contributed by atoms with van der Waals surface area (Å²) in [6.45, 7) is 0.724. The Morgan fingerprint density at radius 3 is 2.75 bits per heavy atom. The first kappa shape index (κ1) is 7.52. The lowest BCUT2D eigenvalue weighted by molar-refractivity contribution is 0.235. The largest absolute Gasteiger partial charge is 0.379 e. The highest BCUT2D eigenvalue weighted by molar-refractivity contribution is 4.82. The Morgan fingerprint density at radius 1 is 1.50 bits per heavy atom. The number of hydrogen-bond acceptors (Lipinski definition) is 1. The van der Waals surface area contributed by atoms with Gasteiger partial charge in [0.15, 0.2) is 0 Å². The van der Waals surface area contributed by atoms with Gasteiger partial charge in [0.05, 0.1) is 7.11 Å². The summed E-state index contributed by atoms with van der Waals surface area (Å²) in [6.07, 6.45) is 7.92. The van der Waals surface area contributed by atoms with Crippen LogP contribution in [0, 0.1) is 19.5 Å². The summed E-state index contributed by atoms with van der Waals surface area (Å²) in [5.74, 6) is 2.55. The van der Waals surface area contributed by atoms with Crippen LogP contribution in [0.4, 0.5) is 0 Å². The molecule has 0 aromatic carbocycles. The highest BCUT2D eigenvalue weighted by atomic mass is 16.5. The van der Waals surface area contributed by atoms with E-state index in [0.717, 1.165) is 25.9 Å². The molecule has 8 heavy (non-hydrogen) atoms. The minimum Gasteiger partial charge on any atom is -0.379 e. The molecule has 1 heteroatoms. The van der Waals surface area contributed by atoms with Crippen LogP contribution in [-0.2, 0) is 4.74 Å². The molecule has 0 atom stereocenters. The van der Waals surface area contributed by atoms with E-state index in [0.29, 0.717) is 0 Å². The fraction of sp³-hybridized carbons (Fsp3) is 0.571. The second-order valence-electron chi connectivity index (χ2n) is 1.57. The Bertz CT molecular complexity index is 70.9. The normalized spacial score (nSPS) is 8.50. The van der Waals surface area contributed by atoms with Gasteiger partial charge in [0, 0.05) is 13.0 Å². The molecule has 0 amide bonds. The van der Waals surface area contributed by atoms with E-state index in [1.54, 1.807) is 0 Å². The van der Waals surface area contributed by atoms with Crippen LogP contribution < -0.4 is 0 Å². The van der Waals surface area contributed by atoms with Gasteiger partial charge in [0.2, 0.25) is 0 Å². The maximum absolute atomic E-state index is 5.00. The highest BCUT2D eigenvalue weighted by Crippen LogP contribution is 1.92. The molecule has 0 aliphatic rings. The van der Waals surface area contributed by atoms with Crippen LogP contribution in [0.25, 0.3) is 0 Å². The van der Waals surface area contributed by atoms with Crippen molar-refractivity contribution >= 4 is 0 Å². The summed E-state index contributed by atoms with van der Waals surface area (Å²) in [4.78, 5) is 0. The van der Waals surface area contributed by atoms with Crippen molar-refractivity contribution in [1.82, 2.24) is 0 Å². The van der Waals surface area contributed by atoms with Crippen LogP contribution in [0.3, 0.4) is 0 Å². The van der Waals surface area contributed by atoms with Gasteiger partial charge in [-0.1, -0.05) is 0 Å². The van der Waals surface area contributed by atoms with Crippen LogP contribution in [0.15, 0.2) is 0 Å². The predicted molar refractivity (Wildman–Crippen MR) is 34.0 cm³/mol. The average Bonchev–Trinajstić information content (AvgIpc) is 1.81. The lowest BCUT2D eigenvalue weighted by atomic mass is 10.2. The van der Waals surface area contributed by atoms with E-state index in [9.17, 15) is 0 Å². The standard InChI is InChI=1S/C7H11O/c1-3-4-5-6-7-8-2/h1H,2,4-7H2. The molecule has 0 heterocycles. The van der Waals surface area contributed by atoms with Gasteiger partial charge < -0.3 is 4.74 Å². The van der Waals surface area contributed by atoms with Crippen molar-refractivity contribution in [2.24, 2.45) is 0 Å². The second-order valence-corrected chi connectivity index (χ2v) is 1.57. The summed E-state index contributed by atoms with van der Waals surface area (Å²) in [6, 6.07) is 0. The zero-order valence-electron chi connectivity index (χ0n) is 5.02. The summed E-state index contributed by atoms with van der Waals surface area (Å²) < 4.78 is 4.57. The molecule has 1 radical (unpaired) electrons. The molecular formula is C7H11O. The summed E-state index contributed by atoms with van der Waals surface area (Å²) >= 11 is 0. The van der Waals surface area contributed by atoms with Crippen molar-refractivity contribution in [2.75, 3.05) is 6.61 Å². The zero-order valence-corrected chi connectivity index (χ0v) is 5.02. The van der Waals surface area contributed by atoms with E-state index in [1.807, 2.05) is 0 Å². The van der Waals surface area contributed by atoms with Gasteiger partial charge >= 0.3 is 0 Å². The SMILES string of the molecule is C#CCCCCO[CH2]. The summed E-state index contributed by atoms with van der Waals surface area (Å²) in [5, 5.41) is 0. The third-order valence-electron chi connectivity index (χ3n) is 0.860. The molecule has 0 bridgehead atoms. The maximum Gasteiger partial charge on any atom is 0.0700 e. The fourth-order valence-electron chi connectivity index (χ4n) is 0.431. The maximum atomic E-state index is 5.00. The van der Waals surface area contributed by atoms with Gasteiger partial charge in [-0.2, -0.15) is 0 Å². The quantitative estimate of drug-likeness (QED) is 0.395. The van der Waals surface area contributed by atoms with Crippen molar-refractivity contribution in [1.29, 1.82) is 0 Å². The molecule has 0 aromatic heterocycles. The number of terminal acetylenes is 1. The molecule has 0 spiro atoms. The Labute approximate surface area is 51.0 Å². The van der Waals surface area contributed by atoms with E-state index in [1.165, 1.54) is 0 Å². The fourth-order valence-corrected chi connectivity index (χ4v) is 0.431. The lowest BCUT2D eigenvalue weighted by Gasteiger charge is -1.92. The zero-order chi connectivity index (χ0) is 6.24. The molecule has 0 saturated heterocycles. The molecule has 0 aromatic rings. The monoisotopic (exact) mass is 111 g/mol. The Kier molecular flexibility index (Phi) is 6.13. The van der Waals surface area contributed by atoms with Crippen LogP contribution in [0.5, 0.6) is 0 Å². The number of unbranched alkanes of at least 4 members (excludes halogenated alkanes) is 2. The minimum atomic E-state index is 0.724. The molecule has 0 rings (SSSR count). The van der Waals surface area contributed by atoms with Crippen molar-refractivity contribution in [3.8, 4) is 12.3 Å². The molecule has 45 valence electrons. The van der Waals surface area contributed by atoms with Crippen molar-refractivity contribution < 1.29 is 4.74 Å². The number of rotatable bonds is 4. The number of ether oxygens (including phenoxy) is 1. The molecule has 0 fully saturated rings. The molecule has 0 saturated carbocycles. The second kappa shape index (κ2) is 6.52. The minimum absolute atomic E-state index is 0.724. The molecule has 0 aliphatic carbocycles. The van der Waals surface area contributed by atoms with Crippen LogP contribution in [-0.4, -0.2) is 6.61 Å². The smallest absolute Gasteiger partial charge is 0.0700 e. The molecule has 0 N–H and O–H groups in total. The topological polar surface area (TPSA) is 9.23 Å². The van der Waals surface area contributed by atoms with Gasteiger partial charge in [0.1, 0.15) is 0 Å². The molecule has 0 unspecified atom stereocenters. The van der Waals surface area contributed by atoms with Gasteiger partial charge in [-0.3, -0.25) is 0 Å². The first-order chi connectivity index (χ1) is 3.91. The summed E-state index contributed by atoms with van der Waals surface area (Å²) in [5.41, 5.74) is 0. The first-order valence-electron chi connectivity index (χ1n) is 2.72. The van der Waals surface area contributed by atoms with E-state index in [2.05, 4.69) is 17.8 Å². The van der Waals surface area contributed by atoms with Crippen molar-refractivity contribution in [3.05, 3.63) is 7.11 Å². The van der Waals surface area contributed by atoms with Gasteiger partial charge in [-0.25, -0.2) is 0 Å².